The molecule has 1 heterocycles. The van der Waals surface area contributed by atoms with Crippen LogP contribution in [0.5, 0.6) is 0 Å². The average molecular weight is 279 g/mol. The Labute approximate surface area is 118 Å². The van der Waals surface area contributed by atoms with Crippen molar-refractivity contribution in [1.82, 2.24) is 9.80 Å². The van der Waals surface area contributed by atoms with Crippen LogP contribution in [0.25, 0.3) is 0 Å². The van der Waals surface area contributed by atoms with Gasteiger partial charge in [0, 0.05) is 37.8 Å². The van der Waals surface area contributed by atoms with Gasteiger partial charge in [-0.05, 0) is 19.5 Å². The van der Waals surface area contributed by atoms with Crippen LogP contribution < -0.4 is 0 Å². The van der Waals surface area contributed by atoms with E-state index < -0.39 is 0 Å². The lowest BCUT2D eigenvalue weighted by Gasteiger charge is -2.21. The van der Waals surface area contributed by atoms with Gasteiger partial charge >= 0.3 is 0 Å². The normalized spacial score (nSPS) is 17.9. The second-order valence-electron chi connectivity index (χ2n) is 5.08. The van der Waals surface area contributed by atoms with Crippen molar-refractivity contribution in [3.05, 3.63) is 39.9 Å². The Hall–Kier alpha value is -1.50. The van der Waals surface area contributed by atoms with E-state index in [2.05, 4.69) is 9.80 Å². The number of aliphatic hydroxyl groups is 1. The highest BCUT2D eigenvalue weighted by molar-refractivity contribution is 5.39. The van der Waals surface area contributed by atoms with E-state index in [9.17, 15) is 10.1 Å². The van der Waals surface area contributed by atoms with Gasteiger partial charge < -0.3 is 5.11 Å². The Morgan fingerprint density at radius 2 is 1.85 bits per heavy atom. The minimum Gasteiger partial charge on any atom is -0.395 e. The van der Waals surface area contributed by atoms with Crippen molar-refractivity contribution in [2.24, 2.45) is 0 Å². The molecule has 2 rings (SSSR count). The highest BCUT2D eigenvalue weighted by atomic mass is 16.6. The molecule has 0 saturated carbocycles. The first-order valence-electron chi connectivity index (χ1n) is 6.98. The maximum Gasteiger partial charge on any atom is 0.273 e. The summed E-state index contributed by atoms with van der Waals surface area (Å²) in [5, 5.41) is 20.0. The summed E-state index contributed by atoms with van der Waals surface area (Å²) in [5.74, 6) is 0. The molecule has 1 aromatic rings. The van der Waals surface area contributed by atoms with Gasteiger partial charge in [0.05, 0.1) is 11.5 Å². The van der Waals surface area contributed by atoms with Crippen LogP contribution in [0.2, 0.25) is 0 Å². The van der Waals surface area contributed by atoms with Gasteiger partial charge in [0.1, 0.15) is 0 Å². The summed E-state index contributed by atoms with van der Waals surface area (Å²) in [5.41, 5.74) is 0.970. The van der Waals surface area contributed by atoms with Crippen LogP contribution in [-0.4, -0.2) is 59.2 Å². The fourth-order valence-electron chi connectivity index (χ4n) is 2.61. The first-order chi connectivity index (χ1) is 9.70. The number of rotatable bonds is 5. The van der Waals surface area contributed by atoms with Gasteiger partial charge in [-0.1, -0.05) is 18.2 Å². The summed E-state index contributed by atoms with van der Waals surface area (Å²) < 4.78 is 0. The third-order valence-electron chi connectivity index (χ3n) is 3.68. The number of hydrogen-bond acceptors (Lipinski definition) is 5. The summed E-state index contributed by atoms with van der Waals surface area (Å²) in [6.45, 7) is 5.21. The van der Waals surface area contributed by atoms with E-state index in [1.807, 2.05) is 12.1 Å². The predicted molar refractivity (Wildman–Crippen MR) is 76.5 cm³/mol. The van der Waals surface area contributed by atoms with Gasteiger partial charge in [0.15, 0.2) is 0 Å². The summed E-state index contributed by atoms with van der Waals surface area (Å²) in [7, 11) is 0. The largest absolute Gasteiger partial charge is 0.395 e. The number of nitro groups is 1. The average Bonchev–Trinajstić information content (AvgIpc) is 2.65. The van der Waals surface area contributed by atoms with E-state index in [0.29, 0.717) is 13.1 Å². The molecule has 1 saturated heterocycles. The van der Waals surface area contributed by atoms with Crippen molar-refractivity contribution >= 4 is 5.69 Å². The van der Waals surface area contributed by atoms with Crippen molar-refractivity contribution in [2.45, 2.75) is 13.0 Å². The first kappa shape index (κ1) is 14.9. The summed E-state index contributed by atoms with van der Waals surface area (Å²) in [6.07, 6.45) is 1.03. The van der Waals surface area contributed by atoms with Crippen molar-refractivity contribution in [2.75, 3.05) is 39.3 Å². The molecule has 1 aliphatic rings. The minimum absolute atomic E-state index is 0.185. The van der Waals surface area contributed by atoms with Gasteiger partial charge in [-0.25, -0.2) is 0 Å². The first-order valence-corrected chi connectivity index (χ1v) is 6.98. The monoisotopic (exact) mass is 279 g/mol. The minimum atomic E-state index is -0.314. The Bertz CT molecular complexity index is 453. The van der Waals surface area contributed by atoms with Crippen LogP contribution >= 0.6 is 0 Å². The number of aliphatic hydroxyl groups excluding tert-OH is 1. The molecule has 20 heavy (non-hydrogen) atoms. The molecule has 110 valence electrons. The van der Waals surface area contributed by atoms with E-state index in [4.69, 9.17) is 5.11 Å². The van der Waals surface area contributed by atoms with E-state index in [1.54, 1.807) is 12.1 Å². The fraction of sp³-hybridized carbons (Fsp3) is 0.571. The molecule has 6 heteroatoms. The number of β-amino-alcohol motifs (C(OH)–C–C–N with tert-alkyl or cyclic N) is 1. The summed E-state index contributed by atoms with van der Waals surface area (Å²) in [6, 6.07) is 6.94. The Morgan fingerprint density at radius 1 is 1.15 bits per heavy atom. The molecule has 0 amide bonds. The lowest BCUT2D eigenvalue weighted by atomic mass is 10.1. The number of hydrogen-bond donors (Lipinski definition) is 1. The lowest BCUT2D eigenvalue weighted by molar-refractivity contribution is -0.385. The van der Waals surface area contributed by atoms with Crippen LogP contribution in [0.4, 0.5) is 5.69 Å². The van der Waals surface area contributed by atoms with Crippen LogP contribution in [0.3, 0.4) is 0 Å². The van der Waals surface area contributed by atoms with Gasteiger partial charge in [-0.3, -0.25) is 19.9 Å². The highest BCUT2D eigenvalue weighted by Crippen LogP contribution is 2.20. The maximum absolute atomic E-state index is 11.0. The second-order valence-corrected chi connectivity index (χ2v) is 5.08. The SMILES string of the molecule is O=[N+]([O-])c1ccccc1CN1CCCN(CCO)CC1. The van der Waals surface area contributed by atoms with Crippen molar-refractivity contribution in [3.63, 3.8) is 0 Å². The Balaban J connectivity index is 1.98. The van der Waals surface area contributed by atoms with Crippen LogP contribution in [0.1, 0.15) is 12.0 Å². The number of nitro benzene ring substituents is 1. The zero-order chi connectivity index (χ0) is 14.4. The van der Waals surface area contributed by atoms with E-state index >= 15 is 0 Å². The third-order valence-corrected chi connectivity index (χ3v) is 3.68. The van der Waals surface area contributed by atoms with Gasteiger partial charge in [-0.2, -0.15) is 0 Å². The molecule has 0 radical (unpaired) electrons. The van der Waals surface area contributed by atoms with Gasteiger partial charge in [-0.15, -0.1) is 0 Å². The topological polar surface area (TPSA) is 69.9 Å². The van der Waals surface area contributed by atoms with Crippen LogP contribution in [-0.2, 0) is 6.54 Å². The lowest BCUT2D eigenvalue weighted by Crippen LogP contribution is -2.32. The molecule has 0 aromatic heterocycles. The summed E-state index contributed by atoms with van der Waals surface area (Å²) >= 11 is 0. The maximum atomic E-state index is 11.0. The second kappa shape index (κ2) is 7.33. The van der Waals surface area contributed by atoms with E-state index in [-0.39, 0.29) is 17.2 Å². The van der Waals surface area contributed by atoms with Crippen LogP contribution in [0, 0.1) is 10.1 Å². The molecule has 0 bridgehead atoms. The standard InChI is InChI=1S/C14H21N3O3/c18-11-10-15-6-3-7-16(9-8-15)12-13-4-1-2-5-14(13)17(19)20/h1-2,4-5,18H,3,6-12H2. The van der Waals surface area contributed by atoms with E-state index in [1.165, 1.54) is 0 Å². The molecule has 1 N–H and O–H groups in total. The molecule has 0 atom stereocenters. The molecule has 1 aliphatic heterocycles. The van der Waals surface area contributed by atoms with E-state index in [0.717, 1.165) is 38.2 Å². The predicted octanol–water partition coefficient (Wildman–Crippen LogP) is 1.09. The summed E-state index contributed by atoms with van der Waals surface area (Å²) in [4.78, 5) is 15.2. The molecule has 0 spiro atoms. The number of nitrogens with zero attached hydrogens (tertiary/aromatic N) is 3. The van der Waals surface area contributed by atoms with Gasteiger partial charge in [0.2, 0.25) is 0 Å². The number of benzene rings is 1. The molecule has 1 aromatic carbocycles. The molecular formula is C14H21N3O3. The zero-order valence-corrected chi connectivity index (χ0v) is 11.6. The van der Waals surface area contributed by atoms with Crippen molar-refractivity contribution < 1.29 is 10.0 Å². The van der Waals surface area contributed by atoms with Crippen molar-refractivity contribution in [3.8, 4) is 0 Å². The third kappa shape index (κ3) is 4.00. The van der Waals surface area contributed by atoms with Crippen molar-refractivity contribution in [1.29, 1.82) is 0 Å². The molecular weight excluding hydrogens is 258 g/mol. The molecule has 1 fully saturated rings. The quantitative estimate of drug-likeness (QED) is 0.645. The molecule has 0 unspecified atom stereocenters. The zero-order valence-electron chi connectivity index (χ0n) is 11.6. The molecule has 0 aliphatic carbocycles. The Kier molecular flexibility index (Phi) is 5.46. The van der Waals surface area contributed by atoms with Gasteiger partial charge in [0.25, 0.3) is 5.69 Å². The number of para-hydroxylation sites is 1. The fourth-order valence-corrected chi connectivity index (χ4v) is 2.61. The smallest absolute Gasteiger partial charge is 0.273 e. The molecule has 6 nitrogen and oxygen atoms in total. The van der Waals surface area contributed by atoms with Crippen LogP contribution in [0.15, 0.2) is 24.3 Å². The Morgan fingerprint density at radius 3 is 2.60 bits per heavy atom. The highest BCUT2D eigenvalue weighted by Gasteiger charge is 2.18.